The Morgan fingerprint density at radius 3 is 2.50 bits per heavy atom. The molecule has 0 aromatic carbocycles. The lowest BCUT2D eigenvalue weighted by Crippen LogP contribution is -2.47. The van der Waals surface area contributed by atoms with Gasteiger partial charge in [-0.05, 0) is 39.5 Å². The number of rotatable bonds is 3. The molecule has 2 fully saturated rings. The number of amides is 2. The van der Waals surface area contributed by atoms with E-state index in [4.69, 9.17) is 23.2 Å². The Kier molecular flexibility index (Phi) is 4.17. The van der Waals surface area contributed by atoms with Crippen molar-refractivity contribution < 1.29 is 13.2 Å². The van der Waals surface area contributed by atoms with Crippen LogP contribution >= 0.6 is 23.2 Å². The van der Waals surface area contributed by atoms with Gasteiger partial charge in [-0.2, -0.15) is 5.10 Å². The van der Waals surface area contributed by atoms with Gasteiger partial charge in [-0.1, -0.05) is 0 Å². The number of anilines is 1. The van der Waals surface area contributed by atoms with Gasteiger partial charge in [-0.25, -0.2) is 22.9 Å². The van der Waals surface area contributed by atoms with Crippen molar-refractivity contribution in [3.05, 3.63) is 11.4 Å². The quantitative estimate of drug-likeness (QED) is 0.757. The Bertz CT molecular complexity index is 805. The molecule has 24 heavy (non-hydrogen) atoms. The maximum absolute atomic E-state index is 12.7. The second-order valence-corrected chi connectivity index (χ2v) is 9.79. The molecule has 2 bridgehead atoms. The predicted octanol–water partition coefficient (Wildman–Crippen LogP) is 1.85. The summed E-state index contributed by atoms with van der Waals surface area (Å²) in [5.41, 5.74) is 1.21. The van der Waals surface area contributed by atoms with Crippen molar-refractivity contribution in [2.24, 2.45) is 0 Å². The van der Waals surface area contributed by atoms with E-state index in [1.807, 2.05) is 4.72 Å². The van der Waals surface area contributed by atoms with Crippen LogP contribution in [-0.2, 0) is 10.0 Å². The Balaban J connectivity index is 1.73. The monoisotopic (exact) mass is 393 g/mol. The normalized spacial score (nSPS) is 31.9. The summed E-state index contributed by atoms with van der Waals surface area (Å²) < 4.78 is 26.3. The zero-order valence-corrected chi connectivity index (χ0v) is 15.5. The number of hydrogen-bond acceptors (Lipinski definition) is 6. The molecule has 2 aliphatic carbocycles. The summed E-state index contributed by atoms with van der Waals surface area (Å²) in [6, 6.07) is -0.931. The van der Waals surface area contributed by atoms with Gasteiger partial charge in [0.25, 0.3) is 5.95 Å². The van der Waals surface area contributed by atoms with E-state index in [1.165, 1.54) is 0 Å². The van der Waals surface area contributed by atoms with Crippen molar-refractivity contribution in [1.82, 2.24) is 19.9 Å². The third kappa shape index (κ3) is 2.82. The van der Waals surface area contributed by atoms with Gasteiger partial charge in [0.15, 0.2) is 0 Å². The highest BCUT2D eigenvalue weighted by atomic mass is 35.5. The van der Waals surface area contributed by atoms with Crippen molar-refractivity contribution >= 4 is 45.2 Å². The third-order valence-corrected chi connectivity index (χ3v) is 8.22. The van der Waals surface area contributed by atoms with Gasteiger partial charge in [0.1, 0.15) is 0 Å². The summed E-state index contributed by atoms with van der Waals surface area (Å²) in [4.78, 5) is 15.4. The Hall–Kier alpha value is -1.19. The number of carbonyl (C=O) groups is 1. The van der Waals surface area contributed by atoms with Crippen molar-refractivity contribution in [1.29, 1.82) is 0 Å². The zero-order valence-electron chi connectivity index (χ0n) is 13.1. The first-order chi connectivity index (χ1) is 11.1. The minimum Gasteiger partial charge on any atom is -0.274 e. The molecule has 1 aromatic rings. The highest BCUT2D eigenvalue weighted by Crippen LogP contribution is 2.59. The van der Waals surface area contributed by atoms with Gasteiger partial charge in [0, 0.05) is 0 Å². The molecule has 2 aliphatic rings. The molecule has 2 amide bonds. The zero-order chi connectivity index (χ0) is 17.8. The lowest BCUT2D eigenvalue weighted by atomic mass is 9.99. The number of aryl methyl sites for hydroxylation is 2. The number of sulfonamides is 1. The fourth-order valence-electron chi connectivity index (χ4n) is 3.31. The number of aromatic nitrogens is 3. The van der Waals surface area contributed by atoms with Crippen molar-refractivity contribution in [2.75, 3.05) is 5.32 Å². The fraction of sp³-hybridized carbons (Fsp3) is 0.692. The molecule has 3 unspecified atom stereocenters. The van der Waals surface area contributed by atoms with E-state index in [0.29, 0.717) is 24.2 Å². The highest BCUT2D eigenvalue weighted by molar-refractivity contribution is 7.91. The van der Waals surface area contributed by atoms with E-state index < -0.39 is 31.1 Å². The molecule has 2 N–H and O–H groups in total. The van der Waals surface area contributed by atoms with Crippen LogP contribution < -0.4 is 10.0 Å². The van der Waals surface area contributed by atoms with Gasteiger partial charge < -0.3 is 0 Å². The Morgan fingerprint density at radius 2 is 1.96 bits per heavy atom. The first-order valence-corrected chi connectivity index (χ1v) is 9.71. The van der Waals surface area contributed by atoms with Crippen molar-refractivity contribution in [3.63, 3.8) is 0 Å². The van der Waals surface area contributed by atoms with Crippen LogP contribution in [0, 0.1) is 13.8 Å². The maximum atomic E-state index is 12.7. The summed E-state index contributed by atoms with van der Waals surface area (Å²) in [5.74, 6) is -0.0666. The molecule has 1 aromatic heterocycles. The van der Waals surface area contributed by atoms with Crippen LogP contribution in [0.1, 0.15) is 37.1 Å². The van der Waals surface area contributed by atoms with E-state index in [1.54, 1.807) is 13.8 Å². The molecule has 132 valence electrons. The molecule has 0 saturated heterocycles. The molecule has 2 saturated carbocycles. The standard InChI is InChI=1S/C13H17Cl2N5O3S/c1-7-8(2)18-19-10(16-7)17-11(21)20-24(22,23)12-3-4-13(15,6-12)9(14)5-12/h9H,3-6H2,1-2H3,(H2,16,17,19,20,21). The van der Waals surface area contributed by atoms with Crippen LogP contribution in [0.4, 0.5) is 10.7 Å². The second kappa shape index (κ2) is 5.67. The Morgan fingerprint density at radius 1 is 1.25 bits per heavy atom. The van der Waals surface area contributed by atoms with Crippen LogP contribution in [0.25, 0.3) is 0 Å². The summed E-state index contributed by atoms with van der Waals surface area (Å²) in [6.07, 6.45) is 1.35. The molecule has 1 heterocycles. The highest BCUT2D eigenvalue weighted by Gasteiger charge is 2.64. The maximum Gasteiger partial charge on any atom is 0.335 e. The van der Waals surface area contributed by atoms with Crippen LogP contribution in [0.15, 0.2) is 0 Å². The second-order valence-electron chi connectivity index (χ2n) is 6.43. The number of hydrogen-bond donors (Lipinski definition) is 2. The van der Waals surface area contributed by atoms with Gasteiger partial charge in [0.2, 0.25) is 10.0 Å². The van der Waals surface area contributed by atoms with E-state index in [0.717, 1.165) is 0 Å². The average molecular weight is 394 g/mol. The van der Waals surface area contributed by atoms with E-state index >= 15 is 0 Å². The molecule has 0 radical (unpaired) electrons. The molecule has 3 atom stereocenters. The van der Waals surface area contributed by atoms with Crippen LogP contribution in [-0.4, -0.2) is 44.6 Å². The van der Waals surface area contributed by atoms with Gasteiger partial charge in [-0.15, -0.1) is 28.3 Å². The number of carbonyl (C=O) groups excluding carboxylic acids is 1. The summed E-state index contributed by atoms with van der Waals surface area (Å²) in [6.45, 7) is 3.44. The Labute approximate surface area is 149 Å². The SMILES string of the molecule is Cc1nnc(NC(=O)NS(=O)(=O)C23CCC(Cl)(C2)C(Cl)C3)nc1C. The predicted molar refractivity (Wildman–Crippen MR) is 89.8 cm³/mol. The summed E-state index contributed by atoms with van der Waals surface area (Å²) in [5, 5.41) is 9.38. The lowest BCUT2D eigenvalue weighted by molar-refractivity contribution is 0.256. The smallest absolute Gasteiger partial charge is 0.274 e. The summed E-state index contributed by atoms with van der Waals surface area (Å²) >= 11 is 12.6. The number of nitrogens with one attached hydrogen (secondary N) is 2. The molecule has 11 heteroatoms. The van der Waals surface area contributed by atoms with Gasteiger partial charge >= 0.3 is 6.03 Å². The van der Waals surface area contributed by atoms with Gasteiger partial charge in [0.05, 0.1) is 26.4 Å². The summed E-state index contributed by atoms with van der Waals surface area (Å²) in [7, 11) is -3.95. The number of urea groups is 1. The minimum atomic E-state index is -3.95. The number of alkyl halides is 2. The number of nitrogens with zero attached hydrogens (tertiary/aromatic N) is 3. The first kappa shape index (κ1) is 17.6. The fourth-order valence-corrected chi connectivity index (χ4v) is 6.10. The van der Waals surface area contributed by atoms with Crippen LogP contribution in [0.2, 0.25) is 0 Å². The first-order valence-electron chi connectivity index (χ1n) is 7.41. The molecular weight excluding hydrogens is 377 g/mol. The number of fused-ring (bicyclic) bond motifs is 2. The van der Waals surface area contributed by atoms with E-state index in [9.17, 15) is 13.2 Å². The number of halogens is 2. The van der Waals surface area contributed by atoms with E-state index in [-0.39, 0.29) is 18.8 Å². The lowest BCUT2D eigenvalue weighted by Gasteiger charge is -2.28. The van der Waals surface area contributed by atoms with Gasteiger partial charge in [-0.3, -0.25) is 5.32 Å². The average Bonchev–Trinajstić information content (AvgIpc) is 2.94. The molecule has 8 nitrogen and oxygen atoms in total. The van der Waals surface area contributed by atoms with Crippen LogP contribution in [0.3, 0.4) is 0 Å². The molecular formula is C13H17Cl2N5O3S. The third-order valence-electron chi connectivity index (χ3n) is 4.84. The van der Waals surface area contributed by atoms with Crippen LogP contribution in [0.5, 0.6) is 0 Å². The van der Waals surface area contributed by atoms with Crippen molar-refractivity contribution in [3.8, 4) is 0 Å². The largest absolute Gasteiger partial charge is 0.335 e. The van der Waals surface area contributed by atoms with E-state index in [2.05, 4.69) is 20.5 Å². The molecule has 3 rings (SSSR count). The molecule has 0 spiro atoms. The van der Waals surface area contributed by atoms with Crippen molar-refractivity contribution in [2.45, 2.75) is 54.5 Å². The minimum absolute atomic E-state index is 0.0666. The topological polar surface area (TPSA) is 114 Å². The molecule has 0 aliphatic heterocycles.